The van der Waals surface area contributed by atoms with Gasteiger partial charge in [0.15, 0.2) is 5.82 Å². The molecule has 1 aliphatic rings. The van der Waals surface area contributed by atoms with Crippen molar-refractivity contribution in [1.29, 1.82) is 0 Å². The highest BCUT2D eigenvalue weighted by molar-refractivity contribution is 5.97. The first-order chi connectivity index (χ1) is 37.6. The monoisotopic (exact) mass is 1100 g/mol. The molecule has 0 aromatic carbocycles. The van der Waals surface area contributed by atoms with Gasteiger partial charge in [0.2, 0.25) is 53.2 Å². The van der Waals surface area contributed by atoms with E-state index in [1.807, 2.05) is 6.92 Å². The van der Waals surface area contributed by atoms with Crippen LogP contribution in [0, 0.1) is 0 Å². The first kappa shape index (κ1) is 67.7. The lowest BCUT2D eigenvalue weighted by molar-refractivity contribution is -0.136. The first-order valence-electron chi connectivity index (χ1n) is 27.5. The van der Waals surface area contributed by atoms with E-state index in [-0.39, 0.29) is 45.0 Å². The van der Waals surface area contributed by atoms with Gasteiger partial charge in [-0.3, -0.25) is 48.1 Å². The van der Waals surface area contributed by atoms with Gasteiger partial charge in [-0.2, -0.15) is 5.21 Å². The number of aliphatic hydroxyl groups is 2. The Balaban J connectivity index is 1.69. The number of primary amides is 1. The molecule has 0 spiro atoms. The molecule has 0 aliphatic carbocycles. The van der Waals surface area contributed by atoms with Gasteiger partial charge in [0, 0.05) is 57.6 Å². The quantitative estimate of drug-likeness (QED) is 0.0356. The van der Waals surface area contributed by atoms with Crippen LogP contribution in [0.1, 0.15) is 155 Å². The maximum absolute atomic E-state index is 13.8. The summed E-state index contributed by atoms with van der Waals surface area (Å²) in [6.07, 6.45) is 19.4. The molecule has 2 heterocycles. The SMILES string of the molecule is CCCC[C@H](NC(=O)[C@@H](NC(=O)[C@H](CC1=CCC=N1)NC(=O)[C@H](CCC(N)=O)NC(=O)[C@H](CO)NC(=O)CNC(=O)COCCOCCNC(=O)CCCCCCCCCCCCCCCc1nn[nH]n1)[C@@H](C)O)C(=O)NC. The molecular weight excluding hydrogens is 1020 g/mol. The number of ether oxygens (including phenoxy) is 2. The molecule has 440 valence electrons. The lowest BCUT2D eigenvalue weighted by Crippen LogP contribution is -2.61. The van der Waals surface area contributed by atoms with Crippen LogP contribution < -0.4 is 48.3 Å². The zero-order chi connectivity index (χ0) is 57.3. The number of hydrogen-bond donors (Lipinski definition) is 12. The summed E-state index contributed by atoms with van der Waals surface area (Å²) < 4.78 is 10.7. The number of aromatic nitrogens is 4. The predicted molar refractivity (Wildman–Crippen MR) is 286 cm³/mol. The number of likely N-dealkylation sites (N-methyl/N-ethyl adjacent to an activating group) is 1. The van der Waals surface area contributed by atoms with Crippen molar-refractivity contribution in [2.24, 2.45) is 10.7 Å². The number of nitrogens with one attached hydrogen (secondary N) is 9. The number of allylic oxidation sites excluding steroid dienone is 1. The molecule has 2 rings (SSSR count). The fourth-order valence-electron chi connectivity index (χ4n) is 8.04. The Labute approximate surface area is 457 Å². The Morgan fingerprint density at radius 1 is 0.667 bits per heavy atom. The van der Waals surface area contributed by atoms with Crippen LogP contribution in [0.15, 0.2) is 16.8 Å². The van der Waals surface area contributed by atoms with Crippen LogP contribution in [0.2, 0.25) is 0 Å². The molecule has 1 aromatic heterocycles. The minimum Gasteiger partial charge on any atom is -0.394 e. The summed E-state index contributed by atoms with van der Waals surface area (Å²) in [6, 6.07) is -7.19. The first-order valence-corrected chi connectivity index (χ1v) is 27.5. The van der Waals surface area contributed by atoms with Crippen molar-refractivity contribution in [3.63, 3.8) is 0 Å². The van der Waals surface area contributed by atoms with Gasteiger partial charge < -0.3 is 68.0 Å². The van der Waals surface area contributed by atoms with Crippen molar-refractivity contribution in [2.75, 3.05) is 53.2 Å². The van der Waals surface area contributed by atoms with Gasteiger partial charge >= 0.3 is 0 Å². The lowest BCUT2D eigenvalue weighted by Gasteiger charge is -2.28. The molecule has 0 bridgehead atoms. The van der Waals surface area contributed by atoms with E-state index >= 15 is 0 Å². The van der Waals surface area contributed by atoms with Gasteiger partial charge in [-0.15, -0.1) is 10.2 Å². The molecule has 9 amide bonds. The molecule has 1 aliphatic heterocycles. The molecule has 0 radical (unpaired) electrons. The molecule has 1 aromatic rings. The number of unbranched alkanes of at least 4 members (excludes halogenated alkanes) is 13. The largest absolute Gasteiger partial charge is 0.394 e. The third kappa shape index (κ3) is 31.1. The molecular formula is C51H88N14O13. The van der Waals surface area contributed by atoms with Gasteiger partial charge in [0.1, 0.15) is 36.8 Å². The zero-order valence-electron chi connectivity index (χ0n) is 45.9. The number of nitrogens with zero attached hydrogens (tertiary/aromatic N) is 4. The number of nitrogens with two attached hydrogens (primary N) is 1. The Hall–Kier alpha value is -6.45. The highest BCUT2D eigenvalue weighted by atomic mass is 16.5. The summed E-state index contributed by atoms with van der Waals surface area (Å²) in [5, 5.41) is 54.3. The standard InChI is InChI=1S/C51H88N14O13/c1-4-5-21-37(47(72)53-3)59-51(76)46(35(2)67)61-49(74)39(31-36-20-19-26-54-36)60-48(73)38(24-25-41(52)68)58-50(75)40(33-66)57-44(70)32-56-45(71)34-78-30-29-77-28-27-55-43(69)23-18-16-14-12-10-8-6-7-9-11-13-15-17-22-42-62-64-65-63-42/h20,26,35,37-40,46,66-67H,4-19,21-25,27-34H2,1-3H3,(H2,52,68)(H,53,72)(H,55,69)(H,56,71)(H,57,70)(H,58,75)(H,59,76)(H,60,73)(H,61,74)(H,62,63,64,65)/t35-,37+,38+,39+,40+,46+/m1/s1. The van der Waals surface area contributed by atoms with E-state index in [4.69, 9.17) is 15.2 Å². The number of H-pyrrole nitrogens is 1. The van der Waals surface area contributed by atoms with Crippen molar-refractivity contribution in [3.05, 3.63) is 17.6 Å². The van der Waals surface area contributed by atoms with E-state index in [0.29, 0.717) is 31.5 Å². The number of aliphatic imine (C=N–C) groups is 1. The number of tetrazole rings is 1. The van der Waals surface area contributed by atoms with E-state index in [9.17, 15) is 53.4 Å². The van der Waals surface area contributed by atoms with Gasteiger partial charge in [0.05, 0.1) is 39.1 Å². The second-order valence-electron chi connectivity index (χ2n) is 19.1. The van der Waals surface area contributed by atoms with Crippen LogP contribution in [-0.4, -0.2) is 180 Å². The molecule has 13 N–H and O–H groups in total. The fraction of sp³-hybridized carbons (Fsp3) is 0.745. The molecule has 78 heavy (non-hydrogen) atoms. The number of amides is 9. The van der Waals surface area contributed by atoms with Crippen LogP contribution in [-0.2, 0) is 59.0 Å². The minimum absolute atomic E-state index is 0.0352. The van der Waals surface area contributed by atoms with Crippen molar-refractivity contribution in [2.45, 2.75) is 191 Å². The van der Waals surface area contributed by atoms with E-state index in [0.717, 1.165) is 44.3 Å². The third-order valence-corrected chi connectivity index (χ3v) is 12.5. The van der Waals surface area contributed by atoms with Gasteiger partial charge in [-0.25, -0.2) is 0 Å². The summed E-state index contributed by atoms with van der Waals surface area (Å²) in [7, 11) is 1.40. The summed E-state index contributed by atoms with van der Waals surface area (Å²) in [5.41, 5.74) is 5.74. The fourth-order valence-corrected chi connectivity index (χ4v) is 8.04. The van der Waals surface area contributed by atoms with Crippen LogP contribution in [0.4, 0.5) is 0 Å². The number of rotatable bonds is 46. The number of carbonyl (C=O) groups is 9. The van der Waals surface area contributed by atoms with Crippen molar-refractivity contribution >= 4 is 59.4 Å². The molecule has 0 unspecified atom stereocenters. The number of hydrogen-bond acceptors (Lipinski definition) is 17. The Morgan fingerprint density at radius 3 is 1.86 bits per heavy atom. The molecule has 0 saturated carbocycles. The van der Waals surface area contributed by atoms with Crippen molar-refractivity contribution in [1.82, 2.24) is 63.2 Å². The van der Waals surface area contributed by atoms with Crippen molar-refractivity contribution < 1.29 is 62.8 Å². The Morgan fingerprint density at radius 2 is 1.27 bits per heavy atom. The van der Waals surface area contributed by atoms with E-state index in [1.54, 1.807) is 12.3 Å². The van der Waals surface area contributed by atoms with E-state index in [2.05, 4.69) is 68.2 Å². The van der Waals surface area contributed by atoms with Crippen LogP contribution >= 0.6 is 0 Å². The molecule has 0 saturated heterocycles. The van der Waals surface area contributed by atoms with E-state index < -0.39 is 110 Å². The highest BCUT2D eigenvalue weighted by Crippen LogP contribution is 2.16. The van der Waals surface area contributed by atoms with Gasteiger partial charge in [-0.1, -0.05) is 102 Å². The molecule has 27 nitrogen and oxygen atoms in total. The Bertz CT molecular complexity index is 2020. The van der Waals surface area contributed by atoms with Crippen molar-refractivity contribution in [3.8, 4) is 0 Å². The third-order valence-electron chi connectivity index (χ3n) is 12.5. The van der Waals surface area contributed by atoms with Crippen LogP contribution in [0.3, 0.4) is 0 Å². The zero-order valence-corrected chi connectivity index (χ0v) is 45.9. The highest BCUT2D eigenvalue weighted by Gasteiger charge is 2.34. The molecule has 0 fully saturated rings. The summed E-state index contributed by atoms with van der Waals surface area (Å²) >= 11 is 0. The van der Waals surface area contributed by atoms with Gasteiger partial charge in [-0.05, 0) is 32.6 Å². The van der Waals surface area contributed by atoms with E-state index in [1.165, 1.54) is 71.8 Å². The number of aryl methyl sites for hydroxylation is 1. The van der Waals surface area contributed by atoms with Gasteiger partial charge in [0.25, 0.3) is 0 Å². The average Bonchev–Trinajstić information content (AvgIpc) is 4.16. The minimum atomic E-state index is -1.64. The average molecular weight is 1110 g/mol. The maximum Gasteiger partial charge on any atom is 0.246 e. The van der Waals surface area contributed by atoms with Crippen LogP contribution in [0.5, 0.6) is 0 Å². The topological polar surface area (TPSA) is 402 Å². The van der Waals surface area contributed by atoms with Crippen LogP contribution in [0.25, 0.3) is 0 Å². The summed E-state index contributed by atoms with van der Waals surface area (Å²) in [5.74, 6) is -5.98. The number of carbonyl (C=O) groups excluding carboxylic acids is 9. The summed E-state index contributed by atoms with van der Waals surface area (Å²) in [4.78, 5) is 120. The second kappa shape index (κ2) is 41.6. The maximum atomic E-state index is 13.8. The predicted octanol–water partition coefficient (Wildman–Crippen LogP) is -0.784. The number of aromatic amines is 1. The normalized spacial score (nSPS) is 14.1. The molecule has 6 atom stereocenters. The number of aliphatic hydroxyl groups excluding tert-OH is 2. The molecule has 27 heteroatoms. The Kier molecular flexibility index (Phi) is 36.1. The second-order valence-corrected chi connectivity index (χ2v) is 19.1. The summed E-state index contributed by atoms with van der Waals surface area (Å²) in [6.45, 7) is 1.93. The smallest absolute Gasteiger partial charge is 0.246 e. The lowest BCUT2D eigenvalue weighted by atomic mass is 10.0.